The minimum atomic E-state index is -0.727. The molecule has 1 saturated heterocycles. The monoisotopic (exact) mass is 692 g/mol. The van der Waals surface area contributed by atoms with E-state index in [1.54, 1.807) is 57.0 Å². The maximum Gasteiger partial charge on any atom is 0.407 e. The molecule has 11 nitrogen and oxygen atoms in total. The van der Waals surface area contributed by atoms with Gasteiger partial charge < -0.3 is 34.7 Å². The average molecular weight is 693 g/mol. The summed E-state index contributed by atoms with van der Waals surface area (Å²) in [5.74, 6) is -1.45. The number of esters is 1. The summed E-state index contributed by atoms with van der Waals surface area (Å²) in [7, 11) is 1.59. The van der Waals surface area contributed by atoms with Gasteiger partial charge in [0.2, 0.25) is 11.8 Å². The Bertz CT molecular complexity index is 1630. The summed E-state index contributed by atoms with van der Waals surface area (Å²) >= 11 is 0. The fourth-order valence-corrected chi connectivity index (χ4v) is 7.14. The van der Waals surface area contributed by atoms with Gasteiger partial charge in [0.05, 0.1) is 12.6 Å². The summed E-state index contributed by atoms with van der Waals surface area (Å²) in [6.07, 6.45) is 2.82. The zero-order valence-corrected chi connectivity index (χ0v) is 29.3. The van der Waals surface area contributed by atoms with Gasteiger partial charge in [-0.1, -0.05) is 30.3 Å². The number of rotatable bonds is 12. The molecule has 3 N–H and O–H groups in total. The van der Waals surface area contributed by atoms with Crippen molar-refractivity contribution in [1.82, 2.24) is 15.2 Å². The lowest BCUT2D eigenvalue weighted by Crippen LogP contribution is -2.49. The number of hydrogen-bond acceptors (Lipinski definition) is 7. The predicted octanol–water partition coefficient (Wildman–Crippen LogP) is 6.35. The first kappa shape index (κ1) is 36.8. The summed E-state index contributed by atoms with van der Waals surface area (Å²) in [5, 5.41) is 6.45. The van der Waals surface area contributed by atoms with Crippen LogP contribution in [-0.2, 0) is 23.8 Å². The maximum atomic E-state index is 14.1. The zero-order chi connectivity index (χ0) is 35.8. The van der Waals surface area contributed by atoms with E-state index >= 15 is 0 Å². The zero-order valence-electron chi connectivity index (χ0n) is 29.3. The highest BCUT2D eigenvalue weighted by molar-refractivity contribution is 6.01. The van der Waals surface area contributed by atoms with Gasteiger partial charge in [-0.2, -0.15) is 0 Å². The first-order chi connectivity index (χ1) is 24.0. The first-order valence-corrected chi connectivity index (χ1v) is 17.5. The topological polar surface area (TPSA) is 139 Å². The second-order valence-electron chi connectivity index (χ2n) is 14.3. The Morgan fingerprint density at radius 1 is 0.980 bits per heavy atom. The Kier molecular flexibility index (Phi) is 12.2. The van der Waals surface area contributed by atoms with Gasteiger partial charge in [0.1, 0.15) is 24.0 Å². The number of alkyl halides is 1. The predicted molar refractivity (Wildman–Crippen MR) is 188 cm³/mol. The second-order valence-corrected chi connectivity index (χ2v) is 14.3. The van der Waals surface area contributed by atoms with E-state index in [9.17, 15) is 23.6 Å². The number of amides is 3. The van der Waals surface area contributed by atoms with Gasteiger partial charge >= 0.3 is 12.1 Å². The number of aromatic amines is 1. The molecular formula is C38H49FN4O7. The molecule has 1 aliphatic carbocycles. The van der Waals surface area contributed by atoms with E-state index in [2.05, 4.69) is 15.6 Å². The molecule has 0 bridgehead atoms. The standard InChI is InChI=1S/C38H49FN4O7/c1-38(2,3)50-37(47)42-32(23-39)25-11-13-26(14-12-25)35(45)43-18-17-29(24-9-6-5-7-10-24)33(43)34(44)40-28-15-16-30-27(21-28)22-31(41-30)36(46)49-20-8-19-48-4/h5-7,9-10,15-16,21-22,25-26,29,32-33,41H,8,11-14,17-20,23H2,1-4H3,(H,40,44)(H,42,47)/t25?,26?,29-,32?,33+/m1/s1. The van der Waals surface area contributed by atoms with Crippen LogP contribution in [-0.4, -0.2) is 85.0 Å². The van der Waals surface area contributed by atoms with Crippen LogP contribution in [0.2, 0.25) is 0 Å². The molecule has 2 fully saturated rings. The van der Waals surface area contributed by atoms with Crippen LogP contribution in [0.5, 0.6) is 0 Å². The Hall–Kier alpha value is -4.45. The van der Waals surface area contributed by atoms with Crippen LogP contribution in [0.25, 0.3) is 10.9 Å². The first-order valence-electron chi connectivity index (χ1n) is 17.5. The molecule has 0 spiro atoms. The minimum absolute atomic E-state index is 0.0753. The molecule has 1 aromatic heterocycles. The SMILES string of the molecule is COCCCOC(=O)c1cc2cc(NC(=O)[C@@H]3[C@@H](c4ccccc4)CCN3C(=O)C3CCC(C(CF)NC(=O)OC(C)(C)C)CC3)ccc2[nH]1. The van der Waals surface area contributed by atoms with Crippen LogP contribution in [0, 0.1) is 11.8 Å². The van der Waals surface area contributed by atoms with Gasteiger partial charge in [0, 0.05) is 55.1 Å². The van der Waals surface area contributed by atoms with Crippen molar-refractivity contribution >= 4 is 40.5 Å². The normalized spacial score (nSPS) is 21.4. The summed E-state index contributed by atoms with van der Waals surface area (Å²) < 4.78 is 29.7. The number of nitrogens with one attached hydrogen (secondary N) is 3. The van der Waals surface area contributed by atoms with E-state index in [0.29, 0.717) is 63.1 Å². The highest BCUT2D eigenvalue weighted by Gasteiger charge is 2.45. The van der Waals surface area contributed by atoms with Crippen LogP contribution in [0.4, 0.5) is 14.9 Å². The summed E-state index contributed by atoms with van der Waals surface area (Å²) in [4.78, 5) is 57.9. The van der Waals surface area contributed by atoms with E-state index in [1.165, 1.54) is 0 Å². The third kappa shape index (κ3) is 9.21. The van der Waals surface area contributed by atoms with Gasteiger partial charge in [-0.15, -0.1) is 0 Å². The molecule has 0 radical (unpaired) electrons. The number of likely N-dealkylation sites (tertiary alicyclic amines) is 1. The van der Waals surface area contributed by atoms with E-state index in [-0.39, 0.29) is 36.2 Å². The van der Waals surface area contributed by atoms with E-state index in [4.69, 9.17) is 14.2 Å². The summed E-state index contributed by atoms with van der Waals surface area (Å²) in [6.45, 7) is 5.73. The molecule has 3 amide bonds. The summed E-state index contributed by atoms with van der Waals surface area (Å²) in [5.41, 5.74) is 1.87. The van der Waals surface area contributed by atoms with Crippen LogP contribution in [0.3, 0.4) is 0 Å². The van der Waals surface area contributed by atoms with Crippen molar-refractivity contribution in [3.63, 3.8) is 0 Å². The smallest absolute Gasteiger partial charge is 0.407 e. The molecule has 1 aliphatic heterocycles. The molecule has 2 aromatic carbocycles. The molecule has 1 unspecified atom stereocenters. The Morgan fingerprint density at radius 3 is 2.40 bits per heavy atom. The number of carbonyl (C=O) groups excluding carboxylic acids is 4. The highest BCUT2D eigenvalue weighted by Crippen LogP contribution is 2.39. The lowest BCUT2D eigenvalue weighted by atomic mass is 9.78. The van der Waals surface area contributed by atoms with Gasteiger partial charge in [-0.05, 0) is 88.6 Å². The van der Waals surface area contributed by atoms with Crippen LogP contribution < -0.4 is 10.6 Å². The van der Waals surface area contributed by atoms with Crippen molar-refractivity contribution in [3.05, 3.63) is 65.9 Å². The number of nitrogens with zero attached hydrogens (tertiary/aromatic N) is 1. The average Bonchev–Trinajstić information content (AvgIpc) is 3.73. The Morgan fingerprint density at radius 2 is 1.72 bits per heavy atom. The fourth-order valence-electron chi connectivity index (χ4n) is 7.14. The van der Waals surface area contributed by atoms with Crippen LogP contribution in [0.15, 0.2) is 54.6 Å². The maximum absolute atomic E-state index is 14.1. The minimum Gasteiger partial charge on any atom is -0.461 e. The van der Waals surface area contributed by atoms with E-state index in [1.807, 2.05) is 30.3 Å². The number of halogens is 1. The highest BCUT2D eigenvalue weighted by atomic mass is 19.1. The number of hydrogen-bond donors (Lipinski definition) is 3. The quantitative estimate of drug-likeness (QED) is 0.148. The molecule has 1 saturated carbocycles. The third-order valence-corrected chi connectivity index (χ3v) is 9.57. The number of benzene rings is 2. The Labute approximate surface area is 292 Å². The number of anilines is 1. The van der Waals surface area contributed by atoms with Crippen molar-refractivity contribution in [3.8, 4) is 0 Å². The van der Waals surface area contributed by atoms with Crippen molar-refractivity contribution in [2.24, 2.45) is 11.8 Å². The van der Waals surface area contributed by atoms with Crippen molar-refractivity contribution in [2.75, 3.05) is 38.9 Å². The molecule has 2 aliphatic rings. The largest absolute Gasteiger partial charge is 0.461 e. The van der Waals surface area contributed by atoms with Crippen LogP contribution in [0.1, 0.15) is 81.3 Å². The van der Waals surface area contributed by atoms with Gasteiger partial charge in [-0.3, -0.25) is 9.59 Å². The molecule has 3 aromatic rings. The van der Waals surface area contributed by atoms with E-state index < -0.39 is 36.4 Å². The Balaban J connectivity index is 1.27. The molecule has 270 valence electrons. The second kappa shape index (κ2) is 16.5. The number of H-pyrrole nitrogens is 1. The lowest BCUT2D eigenvalue weighted by Gasteiger charge is -2.36. The van der Waals surface area contributed by atoms with E-state index in [0.717, 1.165) is 16.5 Å². The third-order valence-electron chi connectivity index (χ3n) is 9.57. The molecule has 12 heteroatoms. The number of methoxy groups -OCH3 is 1. The van der Waals surface area contributed by atoms with Crippen molar-refractivity contribution in [1.29, 1.82) is 0 Å². The van der Waals surface area contributed by atoms with Gasteiger partial charge in [-0.25, -0.2) is 14.0 Å². The number of aromatic nitrogens is 1. The molecule has 5 rings (SSSR count). The number of fused-ring (bicyclic) bond motifs is 1. The summed E-state index contributed by atoms with van der Waals surface area (Å²) in [6, 6.07) is 15.4. The number of carbonyl (C=O) groups is 4. The molecule has 3 atom stereocenters. The van der Waals surface area contributed by atoms with Crippen molar-refractivity contribution < 1.29 is 37.8 Å². The van der Waals surface area contributed by atoms with Crippen LogP contribution >= 0.6 is 0 Å². The molecular weight excluding hydrogens is 643 g/mol. The fraction of sp³-hybridized carbons (Fsp3) is 0.526. The lowest BCUT2D eigenvalue weighted by molar-refractivity contribution is -0.141. The van der Waals surface area contributed by atoms with Gasteiger partial charge in [0.15, 0.2) is 0 Å². The van der Waals surface area contributed by atoms with Gasteiger partial charge in [0.25, 0.3) is 0 Å². The molecule has 2 heterocycles. The number of ether oxygens (including phenoxy) is 3. The van der Waals surface area contributed by atoms with Crippen molar-refractivity contribution in [2.45, 2.75) is 82.9 Å². The number of alkyl carbamates (subject to hydrolysis) is 1. The molecule has 50 heavy (non-hydrogen) atoms.